The zero-order chi connectivity index (χ0) is 18.7. The van der Waals surface area contributed by atoms with Crippen molar-refractivity contribution in [2.75, 3.05) is 26.2 Å². The molecular weight excluding hydrogens is 357 g/mol. The lowest BCUT2D eigenvalue weighted by Gasteiger charge is -2.36. The Hall–Kier alpha value is -1.67. The average molecular weight is 383 g/mol. The fourth-order valence-electron chi connectivity index (χ4n) is 3.69. The van der Waals surface area contributed by atoms with Gasteiger partial charge in [-0.15, -0.1) is 0 Å². The van der Waals surface area contributed by atoms with Crippen molar-refractivity contribution in [1.29, 1.82) is 0 Å². The first-order valence-electron chi connectivity index (χ1n) is 9.19. The molecule has 1 aliphatic heterocycles. The highest BCUT2D eigenvalue weighted by Gasteiger charge is 2.31. The van der Waals surface area contributed by atoms with Gasteiger partial charge in [-0.05, 0) is 37.0 Å². The number of urea groups is 1. The van der Waals surface area contributed by atoms with E-state index >= 15 is 0 Å². The molecule has 1 saturated heterocycles. The maximum atomic E-state index is 13.3. The molecule has 0 radical (unpaired) electrons. The number of amides is 2. The van der Waals surface area contributed by atoms with Crippen LogP contribution < -0.4 is 5.32 Å². The van der Waals surface area contributed by atoms with Crippen molar-refractivity contribution in [2.24, 2.45) is 5.92 Å². The lowest BCUT2D eigenvalue weighted by Crippen LogP contribution is -2.55. The summed E-state index contributed by atoms with van der Waals surface area (Å²) >= 11 is 0. The van der Waals surface area contributed by atoms with Crippen LogP contribution in [0, 0.1) is 11.7 Å². The second kappa shape index (κ2) is 7.92. The largest absolute Gasteiger partial charge is 0.335 e. The van der Waals surface area contributed by atoms with E-state index in [0.717, 1.165) is 25.3 Å². The van der Waals surface area contributed by atoms with Crippen LogP contribution in [-0.2, 0) is 10.0 Å². The number of nitrogens with zero attached hydrogens (tertiary/aromatic N) is 2. The van der Waals surface area contributed by atoms with Crippen LogP contribution in [-0.4, -0.2) is 55.9 Å². The average Bonchev–Trinajstić information content (AvgIpc) is 2.63. The van der Waals surface area contributed by atoms with Crippen molar-refractivity contribution in [3.05, 3.63) is 30.1 Å². The Balaban J connectivity index is 1.57. The lowest BCUT2D eigenvalue weighted by atomic mass is 9.86. The van der Waals surface area contributed by atoms with Gasteiger partial charge >= 0.3 is 6.03 Å². The van der Waals surface area contributed by atoms with E-state index < -0.39 is 15.8 Å². The summed E-state index contributed by atoms with van der Waals surface area (Å²) in [5, 5.41) is 3.10. The number of nitrogens with one attached hydrogen (secondary N) is 1. The number of piperazine rings is 1. The Morgan fingerprint density at radius 1 is 1.15 bits per heavy atom. The monoisotopic (exact) mass is 383 g/mol. The third-order valence-electron chi connectivity index (χ3n) is 5.38. The van der Waals surface area contributed by atoms with Crippen molar-refractivity contribution in [3.8, 4) is 0 Å². The van der Waals surface area contributed by atoms with Crippen molar-refractivity contribution >= 4 is 16.1 Å². The smallest absolute Gasteiger partial charge is 0.317 e. The molecule has 1 aliphatic carbocycles. The van der Waals surface area contributed by atoms with E-state index in [4.69, 9.17) is 0 Å². The van der Waals surface area contributed by atoms with Gasteiger partial charge in [0, 0.05) is 32.2 Å². The summed E-state index contributed by atoms with van der Waals surface area (Å²) in [5.74, 6) is -0.104. The Morgan fingerprint density at radius 3 is 2.50 bits per heavy atom. The zero-order valence-electron chi connectivity index (χ0n) is 15.0. The number of hydrogen-bond acceptors (Lipinski definition) is 3. The summed E-state index contributed by atoms with van der Waals surface area (Å²) in [5.41, 5.74) is 0. The summed E-state index contributed by atoms with van der Waals surface area (Å²) in [7, 11) is -3.73. The highest BCUT2D eigenvalue weighted by molar-refractivity contribution is 7.89. The summed E-state index contributed by atoms with van der Waals surface area (Å²) in [6.45, 7) is 3.26. The summed E-state index contributed by atoms with van der Waals surface area (Å²) in [4.78, 5) is 14.1. The molecule has 1 aromatic rings. The maximum absolute atomic E-state index is 13.3. The van der Waals surface area contributed by atoms with E-state index in [2.05, 4.69) is 12.2 Å². The minimum absolute atomic E-state index is 0.0496. The Labute approximate surface area is 154 Å². The van der Waals surface area contributed by atoms with Gasteiger partial charge in [-0.2, -0.15) is 4.31 Å². The normalized spacial score (nSPS) is 25.1. The number of carbonyl (C=O) groups is 1. The third kappa shape index (κ3) is 4.17. The van der Waals surface area contributed by atoms with E-state index in [1.165, 1.54) is 28.9 Å². The van der Waals surface area contributed by atoms with Crippen LogP contribution in [0.25, 0.3) is 0 Å². The highest BCUT2D eigenvalue weighted by Crippen LogP contribution is 2.24. The topological polar surface area (TPSA) is 69.7 Å². The molecule has 2 aliphatic rings. The number of benzene rings is 1. The van der Waals surface area contributed by atoms with Gasteiger partial charge in [0.15, 0.2) is 0 Å². The molecule has 1 saturated carbocycles. The van der Waals surface area contributed by atoms with E-state index in [0.29, 0.717) is 19.0 Å². The molecular formula is C18H26FN3O3S. The molecule has 6 nitrogen and oxygen atoms in total. The van der Waals surface area contributed by atoms with Gasteiger partial charge < -0.3 is 10.2 Å². The standard InChI is InChI=1S/C18H26FN3O3S/c1-14-5-2-3-8-17(14)20-18(23)21-9-11-22(12-10-21)26(24,25)16-7-4-6-15(19)13-16/h4,6-7,13-14,17H,2-3,5,8-12H2,1H3,(H,20,23)/t14-,17+/m1/s1. The molecule has 3 rings (SSSR count). The molecule has 0 aromatic heterocycles. The molecule has 2 atom stereocenters. The van der Waals surface area contributed by atoms with Gasteiger partial charge in [0.2, 0.25) is 10.0 Å². The number of rotatable bonds is 3. The zero-order valence-corrected chi connectivity index (χ0v) is 15.8. The van der Waals surface area contributed by atoms with Crippen molar-refractivity contribution in [3.63, 3.8) is 0 Å². The second-order valence-corrected chi connectivity index (χ2v) is 9.10. The van der Waals surface area contributed by atoms with Crippen LogP contribution in [0.2, 0.25) is 0 Å². The SMILES string of the molecule is C[C@@H]1CCCC[C@@H]1NC(=O)N1CCN(S(=O)(=O)c2cccc(F)c2)CC1. The molecule has 0 spiro atoms. The predicted octanol–water partition coefficient (Wildman–Crippen LogP) is 2.42. The van der Waals surface area contributed by atoms with Crippen molar-refractivity contribution in [1.82, 2.24) is 14.5 Å². The minimum Gasteiger partial charge on any atom is -0.335 e. The Bertz CT molecular complexity index is 748. The molecule has 26 heavy (non-hydrogen) atoms. The van der Waals surface area contributed by atoms with Crippen LogP contribution in [0.1, 0.15) is 32.6 Å². The van der Waals surface area contributed by atoms with Gasteiger partial charge in [-0.25, -0.2) is 17.6 Å². The second-order valence-electron chi connectivity index (χ2n) is 7.17. The summed E-state index contributed by atoms with van der Waals surface area (Å²) in [6, 6.07) is 5.10. The quantitative estimate of drug-likeness (QED) is 0.871. The van der Waals surface area contributed by atoms with E-state index in [1.807, 2.05) is 0 Å². The van der Waals surface area contributed by atoms with Crippen LogP contribution in [0.4, 0.5) is 9.18 Å². The molecule has 8 heteroatoms. The van der Waals surface area contributed by atoms with Crippen LogP contribution in [0.15, 0.2) is 29.2 Å². The fraction of sp³-hybridized carbons (Fsp3) is 0.611. The first-order valence-corrected chi connectivity index (χ1v) is 10.6. The van der Waals surface area contributed by atoms with Crippen molar-refractivity contribution in [2.45, 2.75) is 43.5 Å². The van der Waals surface area contributed by atoms with Crippen LogP contribution in [0.5, 0.6) is 0 Å². The molecule has 1 heterocycles. The van der Waals surface area contributed by atoms with Gasteiger partial charge in [0.1, 0.15) is 5.82 Å². The lowest BCUT2D eigenvalue weighted by molar-refractivity contribution is 0.161. The first kappa shape index (κ1) is 19.1. The van der Waals surface area contributed by atoms with Crippen LogP contribution in [0.3, 0.4) is 0 Å². The summed E-state index contributed by atoms with van der Waals surface area (Å²) < 4.78 is 39.9. The van der Waals surface area contributed by atoms with Crippen LogP contribution >= 0.6 is 0 Å². The minimum atomic E-state index is -3.73. The maximum Gasteiger partial charge on any atom is 0.317 e. The molecule has 2 fully saturated rings. The highest BCUT2D eigenvalue weighted by atomic mass is 32.2. The van der Waals surface area contributed by atoms with E-state index in [-0.39, 0.29) is 30.1 Å². The van der Waals surface area contributed by atoms with Gasteiger partial charge in [0.25, 0.3) is 0 Å². The van der Waals surface area contributed by atoms with E-state index in [9.17, 15) is 17.6 Å². The van der Waals surface area contributed by atoms with Gasteiger partial charge in [-0.3, -0.25) is 0 Å². The molecule has 2 amide bonds. The first-order chi connectivity index (χ1) is 12.4. The van der Waals surface area contributed by atoms with Gasteiger partial charge in [-0.1, -0.05) is 25.8 Å². The number of halogens is 1. The molecule has 1 N–H and O–H groups in total. The molecule has 1 aromatic carbocycles. The number of carbonyl (C=O) groups excluding carboxylic acids is 1. The molecule has 0 bridgehead atoms. The Morgan fingerprint density at radius 2 is 1.85 bits per heavy atom. The number of hydrogen-bond donors (Lipinski definition) is 1. The fourth-order valence-corrected chi connectivity index (χ4v) is 5.14. The number of sulfonamides is 1. The predicted molar refractivity (Wildman–Crippen MR) is 96.7 cm³/mol. The molecule has 0 unspecified atom stereocenters. The van der Waals surface area contributed by atoms with Gasteiger partial charge in [0.05, 0.1) is 4.90 Å². The van der Waals surface area contributed by atoms with Crippen molar-refractivity contribution < 1.29 is 17.6 Å². The Kier molecular flexibility index (Phi) is 5.82. The molecule has 144 valence electrons. The van der Waals surface area contributed by atoms with E-state index in [1.54, 1.807) is 4.90 Å². The third-order valence-corrected chi connectivity index (χ3v) is 7.27. The summed E-state index contributed by atoms with van der Waals surface area (Å²) in [6.07, 6.45) is 4.48.